The molecule has 1 atom stereocenters. The fraction of sp³-hybridized carbons (Fsp3) is 0.182. The lowest BCUT2D eigenvalue weighted by Crippen LogP contribution is -2.18. The molecule has 0 N–H and O–H groups in total. The van der Waals surface area contributed by atoms with Crippen LogP contribution >= 0.6 is 43.5 Å². The average molecular weight is 539 g/mol. The fourth-order valence-corrected chi connectivity index (χ4v) is 4.05. The van der Waals surface area contributed by atoms with E-state index in [1.54, 1.807) is 19.5 Å². The Balaban J connectivity index is 0.000000176. The normalized spacial score (nSPS) is 11.8. The largest absolute Gasteiger partial charge is 0.472 e. The molecular weight excluding hydrogens is 520 g/mol. The summed E-state index contributed by atoms with van der Waals surface area (Å²) in [5.74, 6) is 0.647. The zero-order valence-electron chi connectivity index (χ0n) is 15.9. The Kier molecular flexibility index (Phi) is 7.84. The number of methoxy groups -OCH3 is 1. The van der Waals surface area contributed by atoms with E-state index in [1.807, 2.05) is 55.5 Å². The van der Waals surface area contributed by atoms with Crippen LogP contribution in [0.3, 0.4) is 0 Å². The van der Waals surface area contributed by atoms with E-state index < -0.39 is 0 Å². The minimum absolute atomic E-state index is 0.0166. The molecule has 0 saturated heterocycles. The molecule has 0 aliphatic rings. The van der Waals surface area contributed by atoms with E-state index in [1.165, 1.54) is 0 Å². The predicted octanol–water partition coefficient (Wildman–Crippen LogP) is 7.06. The van der Waals surface area contributed by atoms with E-state index in [9.17, 15) is 0 Å². The highest BCUT2D eigenvalue weighted by Gasteiger charge is 2.09. The van der Waals surface area contributed by atoms with E-state index in [0.29, 0.717) is 17.6 Å². The van der Waals surface area contributed by atoms with Crippen LogP contribution in [0, 0.1) is 0 Å². The van der Waals surface area contributed by atoms with Gasteiger partial charge in [-0.15, -0.1) is 0 Å². The number of rotatable bonds is 4. The molecule has 4 nitrogen and oxygen atoms in total. The maximum atomic E-state index is 5.90. The molecule has 0 amide bonds. The number of fused-ring (bicyclic) bond motifs is 2. The van der Waals surface area contributed by atoms with Crippen LogP contribution in [0.15, 0.2) is 69.9 Å². The molecule has 0 spiro atoms. The fourth-order valence-electron chi connectivity index (χ4n) is 2.83. The molecule has 7 heteroatoms. The molecule has 1 unspecified atom stereocenters. The molecule has 0 aliphatic carbocycles. The van der Waals surface area contributed by atoms with Crippen molar-refractivity contribution < 1.29 is 9.47 Å². The Labute approximate surface area is 191 Å². The Bertz CT molecular complexity index is 1080. The second kappa shape index (κ2) is 10.3. The third kappa shape index (κ3) is 5.45. The lowest BCUT2D eigenvalue weighted by Gasteiger charge is -2.14. The Morgan fingerprint density at radius 3 is 2.07 bits per heavy atom. The van der Waals surface area contributed by atoms with Crippen molar-refractivity contribution >= 4 is 65.0 Å². The van der Waals surface area contributed by atoms with Crippen molar-refractivity contribution in [1.82, 2.24) is 9.97 Å². The SMILES string of the molecule is COCC(C)Oc1nccc2c(Br)cccc12.Clc1nccc2c(Br)cccc12. The molecule has 150 valence electrons. The van der Waals surface area contributed by atoms with E-state index in [2.05, 4.69) is 41.8 Å². The summed E-state index contributed by atoms with van der Waals surface area (Å²) < 4.78 is 12.9. The van der Waals surface area contributed by atoms with Crippen molar-refractivity contribution in [3.8, 4) is 5.88 Å². The van der Waals surface area contributed by atoms with Crippen molar-refractivity contribution in [3.63, 3.8) is 0 Å². The van der Waals surface area contributed by atoms with Crippen LogP contribution in [-0.4, -0.2) is 29.8 Å². The highest BCUT2D eigenvalue weighted by Crippen LogP contribution is 2.29. The Morgan fingerprint density at radius 2 is 1.45 bits per heavy atom. The van der Waals surface area contributed by atoms with Crippen LogP contribution in [0.25, 0.3) is 21.5 Å². The number of hydrogen-bond donors (Lipinski definition) is 0. The Hall–Kier alpha value is -1.73. The van der Waals surface area contributed by atoms with Gasteiger partial charge in [-0.25, -0.2) is 9.97 Å². The van der Waals surface area contributed by atoms with Crippen molar-refractivity contribution in [2.45, 2.75) is 13.0 Å². The maximum absolute atomic E-state index is 5.90. The van der Waals surface area contributed by atoms with Gasteiger partial charge in [-0.3, -0.25) is 0 Å². The number of ether oxygens (including phenoxy) is 2. The first-order valence-electron chi connectivity index (χ1n) is 8.88. The number of benzene rings is 2. The minimum atomic E-state index is -0.0166. The number of aromatic nitrogens is 2. The zero-order valence-corrected chi connectivity index (χ0v) is 19.8. The quantitative estimate of drug-likeness (QED) is 0.261. The van der Waals surface area contributed by atoms with Gasteiger partial charge in [0.25, 0.3) is 0 Å². The van der Waals surface area contributed by atoms with E-state index in [0.717, 1.165) is 30.5 Å². The predicted molar refractivity (Wildman–Crippen MR) is 126 cm³/mol. The van der Waals surface area contributed by atoms with Crippen LogP contribution < -0.4 is 4.74 Å². The highest BCUT2D eigenvalue weighted by molar-refractivity contribution is 9.11. The smallest absolute Gasteiger partial charge is 0.221 e. The average Bonchev–Trinajstić information content (AvgIpc) is 2.71. The van der Waals surface area contributed by atoms with Gasteiger partial charge in [-0.2, -0.15) is 0 Å². The lowest BCUT2D eigenvalue weighted by molar-refractivity contribution is 0.0901. The van der Waals surface area contributed by atoms with Gasteiger partial charge in [0.1, 0.15) is 11.3 Å². The molecule has 2 aromatic heterocycles. The summed E-state index contributed by atoms with van der Waals surface area (Å²) in [6, 6.07) is 15.8. The van der Waals surface area contributed by atoms with E-state index in [-0.39, 0.29) is 6.10 Å². The molecular formula is C22H19Br2ClN2O2. The first kappa shape index (κ1) is 22.0. The van der Waals surface area contributed by atoms with Gasteiger partial charge in [-0.1, -0.05) is 61.7 Å². The summed E-state index contributed by atoms with van der Waals surface area (Å²) in [6.07, 6.45) is 3.44. The minimum Gasteiger partial charge on any atom is -0.472 e. The summed E-state index contributed by atoms with van der Waals surface area (Å²) in [7, 11) is 1.66. The number of hydrogen-bond acceptors (Lipinski definition) is 4. The van der Waals surface area contributed by atoms with Crippen molar-refractivity contribution in [2.24, 2.45) is 0 Å². The lowest BCUT2D eigenvalue weighted by atomic mass is 10.2. The van der Waals surface area contributed by atoms with Crippen LogP contribution in [0.2, 0.25) is 5.15 Å². The molecule has 29 heavy (non-hydrogen) atoms. The maximum Gasteiger partial charge on any atom is 0.221 e. The van der Waals surface area contributed by atoms with Crippen molar-refractivity contribution in [2.75, 3.05) is 13.7 Å². The zero-order chi connectivity index (χ0) is 20.8. The molecule has 0 bridgehead atoms. The first-order chi connectivity index (χ1) is 14.0. The highest BCUT2D eigenvalue weighted by atomic mass is 79.9. The molecule has 4 rings (SSSR count). The third-order valence-electron chi connectivity index (χ3n) is 4.13. The van der Waals surface area contributed by atoms with Gasteiger partial charge in [0, 0.05) is 50.0 Å². The molecule has 0 fully saturated rings. The van der Waals surface area contributed by atoms with Gasteiger partial charge in [0.2, 0.25) is 5.88 Å². The van der Waals surface area contributed by atoms with Crippen LogP contribution in [0.1, 0.15) is 6.92 Å². The van der Waals surface area contributed by atoms with Gasteiger partial charge < -0.3 is 9.47 Å². The molecule has 2 aromatic carbocycles. The van der Waals surface area contributed by atoms with Crippen LogP contribution in [0.4, 0.5) is 0 Å². The monoisotopic (exact) mass is 536 g/mol. The summed E-state index contributed by atoms with van der Waals surface area (Å²) >= 11 is 12.9. The summed E-state index contributed by atoms with van der Waals surface area (Å²) in [6.45, 7) is 2.51. The third-order valence-corrected chi connectivity index (χ3v) is 5.82. The van der Waals surface area contributed by atoms with Gasteiger partial charge in [0.15, 0.2) is 0 Å². The molecule has 0 aliphatic heterocycles. The van der Waals surface area contributed by atoms with Crippen molar-refractivity contribution in [1.29, 1.82) is 0 Å². The van der Waals surface area contributed by atoms with Crippen LogP contribution in [-0.2, 0) is 4.74 Å². The molecule has 0 radical (unpaired) electrons. The van der Waals surface area contributed by atoms with Crippen LogP contribution in [0.5, 0.6) is 5.88 Å². The van der Waals surface area contributed by atoms with Gasteiger partial charge >= 0.3 is 0 Å². The van der Waals surface area contributed by atoms with E-state index in [4.69, 9.17) is 21.1 Å². The van der Waals surface area contributed by atoms with Gasteiger partial charge in [0.05, 0.1) is 6.61 Å². The molecule has 4 aromatic rings. The van der Waals surface area contributed by atoms with E-state index >= 15 is 0 Å². The Morgan fingerprint density at radius 1 is 0.862 bits per heavy atom. The second-order valence-corrected chi connectivity index (χ2v) is 8.34. The first-order valence-corrected chi connectivity index (χ1v) is 10.8. The topological polar surface area (TPSA) is 44.2 Å². The number of halogens is 3. The number of pyridine rings is 2. The molecule has 0 saturated carbocycles. The standard InChI is InChI=1S/C13H14BrNO2.C9H5BrClN/c1-9(8-16-2)17-13-11-4-3-5-12(14)10(11)6-7-15-13;10-8-3-1-2-7-6(8)4-5-12-9(7)11/h3-7,9H,8H2,1-2H3;1-5H. The summed E-state index contributed by atoms with van der Waals surface area (Å²) in [4.78, 5) is 8.26. The summed E-state index contributed by atoms with van der Waals surface area (Å²) in [5, 5.41) is 4.73. The second-order valence-electron chi connectivity index (χ2n) is 6.27. The molecule has 2 heterocycles. The van der Waals surface area contributed by atoms with Gasteiger partial charge in [-0.05, 0) is 37.3 Å². The number of nitrogens with zero attached hydrogens (tertiary/aromatic N) is 2. The van der Waals surface area contributed by atoms with Crippen molar-refractivity contribution in [3.05, 3.63) is 75.0 Å². The summed E-state index contributed by atoms with van der Waals surface area (Å²) in [5.41, 5.74) is 0.